The van der Waals surface area contributed by atoms with Crippen molar-refractivity contribution in [2.75, 3.05) is 4.90 Å². The van der Waals surface area contributed by atoms with Crippen molar-refractivity contribution in [2.24, 2.45) is 0 Å². The number of furan rings is 1. The minimum Gasteiger partial charge on any atom is -0.455 e. The molecule has 10 aromatic carbocycles. The zero-order chi connectivity index (χ0) is 37.5. The molecule has 0 fully saturated rings. The lowest BCUT2D eigenvalue weighted by Crippen LogP contribution is -2.10. The Kier molecular flexibility index (Phi) is 7.13. The average Bonchev–Trinajstić information content (AvgIpc) is 3.87. The van der Waals surface area contributed by atoms with E-state index in [2.05, 4.69) is 205 Å². The normalized spacial score (nSPS) is 11.9. The molecule has 0 atom stereocenters. The zero-order valence-corrected chi connectivity index (χ0v) is 31.6. The predicted octanol–water partition coefficient (Wildman–Crippen LogP) is 16.2. The Hall–Kier alpha value is -7.20. The van der Waals surface area contributed by atoms with Crippen LogP contribution in [0.1, 0.15) is 0 Å². The van der Waals surface area contributed by atoms with Gasteiger partial charge in [-0.25, -0.2) is 0 Å². The molecule has 0 saturated carbocycles. The molecule has 0 aliphatic carbocycles. The molecule has 2 aromatic heterocycles. The maximum absolute atomic E-state index is 6.95. The Labute approximate surface area is 333 Å². The maximum atomic E-state index is 6.95. The molecule has 0 bridgehead atoms. The number of hydrogen-bond acceptors (Lipinski definition) is 3. The van der Waals surface area contributed by atoms with Gasteiger partial charge in [-0.3, -0.25) is 0 Å². The second-order valence-electron chi connectivity index (χ2n) is 14.8. The van der Waals surface area contributed by atoms with E-state index in [4.69, 9.17) is 4.42 Å². The van der Waals surface area contributed by atoms with Crippen LogP contribution in [0.25, 0.3) is 96.7 Å². The van der Waals surface area contributed by atoms with Gasteiger partial charge in [-0.1, -0.05) is 164 Å². The molecule has 0 spiro atoms. The number of hydrogen-bond donors (Lipinski definition) is 0. The Bertz CT molecular complexity index is 3530. The third kappa shape index (κ3) is 4.96. The van der Waals surface area contributed by atoms with Crippen molar-refractivity contribution in [3.63, 3.8) is 0 Å². The van der Waals surface area contributed by atoms with E-state index in [1.807, 2.05) is 11.3 Å². The molecule has 266 valence electrons. The minimum absolute atomic E-state index is 0.874. The van der Waals surface area contributed by atoms with Crippen molar-refractivity contribution < 1.29 is 4.42 Å². The van der Waals surface area contributed by atoms with Crippen molar-refractivity contribution in [3.8, 4) is 22.3 Å². The van der Waals surface area contributed by atoms with Gasteiger partial charge in [-0.05, 0) is 85.4 Å². The topological polar surface area (TPSA) is 16.4 Å². The van der Waals surface area contributed by atoms with Crippen LogP contribution in [-0.4, -0.2) is 0 Å². The number of fused-ring (bicyclic) bond motifs is 10. The van der Waals surface area contributed by atoms with Gasteiger partial charge in [0.1, 0.15) is 11.2 Å². The molecule has 12 aromatic rings. The molecule has 0 N–H and O–H groups in total. The summed E-state index contributed by atoms with van der Waals surface area (Å²) in [4.78, 5) is 2.48. The zero-order valence-electron chi connectivity index (χ0n) is 30.8. The van der Waals surface area contributed by atoms with Crippen LogP contribution in [0.2, 0.25) is 0 Å². The van der Waals surface area contributed by atoms with Crippen LogP contribution < -0.4 is 4.90 Å². The highest BCUT2D eigenvalue weighted by atomic mass is 32.1. The van der Waals surface area contributed by atoms with Gasteiger partial charge in [0.15, 0.2) is 0 Å². The van der Waals surface area contributed by atoms with Crippen LogP contribution in [0.4, 0.5) is 17.1 Å². The summed E-state index contributed by atoms with van der Waals surface area (Å²) in [5.41, 5.74) is 9.79. The number of benzene rings is 10. The first-order valence-electron chi connectivity index (χ1n) is 19.4. The third-order valence-corrected chi connectivity index (χ3v) is 12.9. The summed E-state index contributed by atoms with van der Waals surface area (Å²) in [6, 6.07) is 72.6. The number of thiophene rings is 1. The van der Waals surface area contributed by atoms with Crippen molar-refractivity contribution in [3.05, 3.63) is 200 Å². The van der Waals surface area contributed by atoms with Crippen LogP contribution in [0.5, 0.6) is 0 Å². The summed E-state index contributed by atoms with van der Waals surface area (Å²) in [6.07, 6.45) is 0. The third-order valence-electron chi connectivity index (χ3n) is 11.6. The van der Waals surface area contributed by atoms with E-state index < -0.39 is 0 Å². The molecular formula is C54H33NOS. The van der Waals surface area contributed by atoms with Crippen LogP contribution in [0.15, 0.2) is 205 Å². The van der Waals surface area contributed by atoms with Crippen molar-refractivity contribution in [1.29, 1.82) is 0 Å². The lowest BCUT2D eigenvalue weighted by atomic mass is 9.95. The maximum Gasteiger partial charge on any atom is 0.145 e. The highest BCUT2D eigenvalue weighted by Crippen LogP contribution is 2.51. The first-order valence-corrected chi connectivity index (χ1v) is 20.2. The molecule has 0 radical (unpaired) electrons. The van der Waals surface area contributed by atoms with Crippen LogP contribution >= 0.6 is 11.3 Å². The van der Waals surface area contributed by atoms with E-state index in [1.165, 1.54) is 63.6 Å². The first kappa shape index (κ1) is 32.1. The lowest BCUT2D eigenvalue weighted by molar-refractivity contribution is 0.670. The SMILES string of the molecule is c1ccc(-c2cccc3c2sc2c(N(c4ccc5ccc6ccccc6c5c4)c4ccc(-c5cccc6ccccc56)c5oc6ccccc6c45)cccc23)cc1. The molecule has 0 aliphatic heterocycles. The van der Waals surface area contributed by atoms with Crippen LogP contribution in [0.3, 0.4) is 0 Å². The monoisotopic (exact) mass is 743 g/mol. The number of rotatable bonds is 5. The average molecular weight is 744 g/mol. The molecule has 0 amide bonds. The van der Waals surface area contributed by atoms with Gasteiger partial charge in [0.2, 0.25) is 0 Å². The second kappa shape index (κ2) is 12.7. The van der Waals surface area contributed by atoms with Gasteiger partial charge in [-0.15, -0.1) is 11.3 Å². The van der Waals surface area contributed by atoms with E-state index in [9.17, 15) is 0 Å². The van der Waals surface area contributed by atoms with Gasteiger partial charge >= 0.3 is 0 Å². The van der Waals surface area contributed by atoms with Gasteiger partial charge in [0, 0.05) is 32.1 Å². The number of anilines is 3. The highest BCUT2D eigenvalue weighted by Gasteiger charge is 2.25. The lowest BCUT2D eigenvalue weighted by Gasteiger charge is -2.27. The Morgan fingerprint density at radius 1 is 0.368 bits per heavy atom. The molecule has 0 saturated heterocycles. The molecule has 0 aliphatic rings. The number of para-hydroxylation sites is 1. The molecule has 57 heavy (non-hydrogen) atoms. The second-order valence-corrected chi connectivity index (χ2v) is 15.8. The van der Waals surface area contributed by atoms with Gasteiger partial charge in [0.25, 0.3) is 0 Å². The summed E-state index contributed by atoms with van der Waals surface area (Å²) in [5.74, 6) is 0. The van der Waals surface area contributed by atoms with Crippen molar-refractivity contribution in [2.45, 2.75) is 0 Å². The molecule has 2 nitrogen and oxygen atoms in total. The van der Waals surface area contributed by atoms with E-state index >= 15 is 0 Å². The standard InChI is InChI=1S/C54H33NOS/c1-2-13-35(14-3-1)41-21-11-23-44-45-24-12-25-49(54(45)57-53(41)44)55(38-30-29-37-28-27-36-16-5-7-19-40(36)47(37)33-38)48-32-31-43(42-22-10-17-34-15-4-6-18-39(34)42)52-51(48)46-20-8-9-26-50(46)56-52/h1-33H. The van der Waals surface area contributed by atoms with Gasteiger partial charge in [-0.2, -0.15) is 0 Å². The molecule has 2 heterocycles. The Balaban J connectivity index is 1.19. The molecule has 3 heteroatoms. The summed E-state index contributed by atoms with van der Waals surface area (Å²) in [7, 11) is 0. The van der Waals surface area contributed by atoms with E-state index in [-0.39, 0.29) is 0 Å². The fourth-order valence-electron chi connectivity index (χ4n) is 9.03. The minimum atomic E-state index is 0.874. The molecule has 0 unspecified atom stereocenters. The van der Waals surface area contributed by atoms with Gasteiger partial charge in [0.05, 0.1) is 21.5 Å². The summed E-state index contributed by atoms with van der Waals surface area (Å²) in [6.45, 7) is 0. The Morgan fingerprint density at radius 2 is 0.982 bits per heavy atom. The summed E-state index contributed by atoms with van der Waals surface area (Å²) in [5, 5.41) is 12.0. The smallest absolute Gasteiger partial charge is 0.145 e. The van der Waals surface area contributed by atoms with E-state index in [0.29, 0.717) is 0 Å². The fourth-order valence-corrected chi connectivity index (χ4v) is 10.4. The molecule has 12 rings (SSSR count). The number of nitrogens with zero attached hydrogens (tertiary/aromatic N) is 1. The largest absolute Gasteiger partial charge is 0.455 e. The van der Waals surface area contributed by atoms with E-state index in [0.717, 1.165) is 50.1 Å². The fraction of sp³-hybridized carbons (Fsp3) is 0. The Morgan fingerprint density at radius 3 is 1.84 bits per heavy atom. The van der Waals surface area contributed by atoms with Crippen LogP contribution in [-0.2, 0) is 0 Å². The summed E-state index contributed by atoms with van der Waals surface area (Å²) >= 11 is 1.88. The highest BCUT2D eigenvalue weighted by molar-refractivity contribution is 7.27. The predicted molar refractivity (Wildman–Crippen MR) is 245 cm³/mol. The van der Waals surface area contributed by atoms with Crippen molar-refractivity contribution in [1.82, 2.24) is 0 Å². The molecular weight excluding hydrogens is 711 g/mol. The van der Waals surface area contributed by atoms with E-state index in [1.54, 1.807) is 0 Å². The quantitative estimate of drug-likeness (QED) is 0.163. The first-order chi connectivity index (χ1) is 28.3. The van der Waals surface area contributed by atoms with Gasteiger partial charge < -0.3 is 9.32 Å². The van der Waals surface area contributed by atoms with Crippen molar-refractivity contribution >= 4 is 103 Å². The summed E-state index contributed by atoms with van der Waals surface area (Å²) < 4.78 is 9.49. The van der Waals surface area contributed by atoms with Crippen LogP contribution in [0, 0.1) is 0 Å².